The minimum atomic E-state index is -4.99. The van der Waals surface area contributed by atoms with Gasteiger partial charge in [0, 0.05) is 35.5 Å². The molecule has 3 amide bonds. The highest BCUT2D eigenvalue weighted by Gasteiger charge is 2.52. The predicted molar refractivity (Wildman–Crippen MR) is 174 cm³/mol. The zero-order valence-electron chi connectivity index (χ0n) is 28.5. The molecule has 2 atom stereocenters. The highest BCUT2D eigenvalue weighted by Crippen LogP contribution is 2.43. The lowest BCUT2D eigenvalue weighted by Crippen LogP contribution is -2.52. The van der Waals surface area contributed by atoms with Crippen LogP contribution in [0.2, 0.25) is 0 Å². The lowest BCUT2D eigenvalue weighted by atomic mass is 10.0. The number of hydrogen-bond acceptors (Lipinski definition) is 9. The number of rotatable bonds is 8. The van der Waals surface area contributed by atoms with Crippen LogP contribution >= 0.6 is 0 Å². The molecule has 3 N–H and O–H groups in total. The molecule has 2 aliphatic heterocycles. The van der Waals surface area contributed by atoms with Gasteiger partial charge in [0.05, 0.1) is 38.6 Å². The molecule has 2 unspecified atom stereocenters. The van der Waals surface area contributed by atoms with E-state index in [4.69, 9.17) is 23.9 Å². The molecule has 0 saturated carbocycles. The van der Waals surface area contributed by atoms with E-state index in [0.717, 1.165) is 6.07 Å². The van der Waals surface area contributed by atoms with Crippen LogP contribution in [0.15, 0.2) is 48.7 Å². The molecule has 2 aromatic carbocycles. The fraction of sp³-hybridized carbons (Fsp3) is 0.471. The van der Waals surface area contributed by atoms with E-state index in [1.54, 1.807) is 56.1 Å². The number of benzene rings is 2. The Morgan fingerprint density at radius 3 is 2.28 bits per heavy atom. The van der Waals surface area contributed by atoms with Gasteiger partial charge in [-0.15, -0.1) is 13.2 Å². The summed E-state index contributed by atoms with van der Waals surface area (Å²) in [5.41, 5.74) is 0.956. The molecule has 5 rings (SSSR count). The van der Waals surface area contributed by atoms with Crippen molar-refractivity contribution >= 4 is 23.8 Å². The summed E-state index contributed by atoms with van der Waals surface area (Å²) in [5.74, 6) is -1.68. The molecule has 16 heteroatoms. The fourth-order valence-corrected chi connectivity index (χ4v) is 5.84. The molecule has 0 bridgehead atoms. The number of likely N-dealkylation sites (tertiary alicyclic amines) is 1. The maximum absolute atomic E-state index is 13.8. The van der Waals surface area contributed by atoms with Crippen LogP contribution in [-0.4, -0.2) is 83.6 Å². The summed E-state index contributed by atoms with van der Waals surface area (Å²) < 4.78 is 66.3. The molecule has 50 heavy (non-hydrogen) atoms. The van der Waals surface area contributed by atoms with Crippen molar-refractivity contribution < 1.29 is 51.2 Å². The monoisotopic (exact) mass is 703 g/mol. The van der Waals surface area contributed by atoms with Gasteiger partial charge >= 0.3 is 18.5 Å². The molecule has 1 spiro atoms. The maximum atomic E-state index is 13.8. The van der Waals surface area contributed by atoms with Crippen molar-refractivity contribution in [3.63, 3.8) is 0 Å². The second kappa shape index (κ2) is 14.2. The summed E-state index contributed by atoms with van der Waals surface area (Å²) in [7, 11) is 1.22. The number of H-pyrrole nitrogens is 1. The lowest BCUT2D eigenvalue weighted by Gasteiger charge is -2.30. The first-order chi connectivity index (χ1) is 23.5. The molecule has 270 valence electrons. The summed E-state index contributed by atoms with van der Waals surface area (Å²) in [5, 5.41) is 5.04. The van der Waals surface area contributed by atoms with Gasteiger partial charge in [0.25, 0.3) is 0 Å². The summed E-state index contributed by atoms with van der Waals surface area (Å²) in [6.07, 6.45) is -4.58. The number of carbonyl (C=O) groups excluding carboxylic acids is 3. The lowest BCUT2D eigenvalue weighted by molar-refractivity contribution is -0.274. The van der Waals surface area contributed by atoms with Gasteiger partial charge in [0.15, 0.2) is 5.79 Å². The average molecular weight is 704 g/mol. The molecule has 0 radical (unpaired) electrons. The van der Waals surface area contributed by atoms with Gasteiger partial charge in [-0.3, -0.25) is 10.1 Å². The molecule has 2 fully saturated rings. The van der Waals surface area contributed by atoms with E-state index in [0.29, 0.717) is 42.3 Å². The van der Waals surface area contributed by atoms with E-state index in [1.165, 1.54) is 19.2 Å². The molecular weight excluding hydrogens is 663 g/mol. The minimum absolute atomic E-state index is 0.0540. The smallest absolute Gasteiger partial charge is 0.453 e. The first-order valence-electron chi connectivity index (χ1n) is 15.9. The molecule has 13 nitrogen and oxygen atoms in total. The second-order valence-electron chi connectivity index (χ2n) is 13.3. The molecule has 2 aliphatic rings. The van der Waals surface area contributed by atoms with E-state index < -0.39 is 47.8 Å². The van der Waals surface area contributed by atoms with Crippen LogP contribution in [0.25, 0.3) is 22.4 Å². The number of hydrogen-bond donors (Lipinski definition) is 3. The SMILES string of the molecule is COC(=O)NC(C(=O)N1CC2(CC1c1nc(-c3ccc(-c4ccc(NC(=O)OC(C)(C)C)cc4OC(F)(F)F)cc3)c[nH]1)OCCO2)C(C)C. The van der Waals surface area contributed by atoms with Crippen LogP contribution in [0.5, 0.6) is 5.75 Å². The molecular formula is C34H40F3N5O8. The first-order valence-corrected chi connectivity index (χ1v) is 15.9. The Morgan fingerprint density at radius 1 is 1.02 bits per heavy atom. The number of alkyl halides is 3. The predicted octanol–water partition coefficient (Wildman–Crippen LogP) is 6.39. The van der Waals surface area contributed by atoms with Crippen LogP contribution in [0.4, 0.5) is 28.4 Å². The normalized spacial score (nSPS) is 17.9. The second-order valence-corrected chi connectivity index (χ2v) is 13.3. The number of carbonyl (C=O) groups is 3. The third kappa shape index (κ3) is 8.66. The zero-order valence-corrected chi connectivity index (χ0v) is 28.5. The van der Waals surface area contributed by atoms with Gasteiger partial charge < -0.3 is 38.9 Å². The molecule has 1 aromatic heterocycles. The van der Waals surface area contributed by atoms with E-state index >= 15 is 0 Å². The van der Waals surface area contributed by atoms with Crippen molar-refractivity contribution in [3.8, 4) is 28.1 Å². The van der Waals surface area contributed by atoms with E-state index in [1.807, 2.05) is 13.8 Å². The number of methoxy groups -OCH3 is 1. The molecule has 3 heterocycles. The van der Waals surface area contributed by atoms with Crippen molar-refractivity contribution in [3.05, 3.63) is 54.5 Å². The van der Waals surface area contributed by atoms with Gasteiger partial charge in [0.1, 0.15) is 23.2 Å². The number of anilines is 1. The van der Waals surface area contributed by atoms with Crippen LogP contribution in [0.1, 0.15) is 52.9 Å². The quantitative estimate of drug-likeness (QED) is 0.242. The fourth-order valence-electron chi connectivity index (χ4n) is 5.84. The number of nitrogens with one attached hydrogen (secondary N) is 3. The molecule has 0 aliphatic carbocycles. The third-order valence-electron chi connectivity index (χ3n) is 8.04. The number of aromatic nitrogens is 2. The largest absolute Gasteiger partial charge is 0.573 e. The van der Waals surface area contributed by atoms with Crippen molar-refractivity contribution in [2.24, 2.45) is 5.92 Å². The van der Waals surface area contributed by atoms with Gasteiger partial charge in [-0.1, -0.05) is 38.1 Å². The Kier molecular flexibility index (Phi) is 10.3. The van der Waals surface area contributed by atoms with Crippen LogP contribution in [0, 0.1) is 5.92 Å². The number of aromatic amines is 1. The summed E-state index contributed by atoms with van der Waals surface area (Å²) in [4.78, 5) is 47.6. The minimum Gasteiger partial charge on any atom is -0.453 e. The van der Waals surface area contributed by atoms with Gasteiger partial charge in [0.2, 0.25) is 5.91 Å². The highest BCUT2D eigenvalue weighted by molar-refractivity contribution is 5.87. The summed E-state index contributed by atoms with van der Waals surface area (Å²) in [6.45, 7) is 9.48. The summed E-state index contributed by atoms with van der Waals surface area (Å²) in [6, 6.07) is 9.09. The zero-order chi connectivity index (χ0) is 36.4. The number of imidazole rings is 1. The maximum Gasteiger partial charge on any atom is 0.573 e. The Balaban J connectivity index is 1.39. The standard InChI is InChI=1S/C34H40F3N5O8/c1-19(2)27(41-30(44)46-6)29(43)42-18-33(47-13-14-48-33)16-25(42)28-38-17-24(40-28)21-9-7-20(8-10-21)23-12-11-22(15-26(23)49-34(35,36)37)39-31(45)50-32(3,4)5/h7-12,15,17,19,25,27H,13-14,16,18H2,1-6H3,(H,38,40)(H,39,45)(H,41,44). The van der Waals surface area contributed by atoms with Crippen LogP contribution < -0.4 is 15.4 Å². The van der Waals surface area contributed by atoms with E-state index in [-0.39, 0.29) is 29.6 Å². The molecule has 3 aromatic rings. The van der Waals surface area contributed by atoms with Crippen LogP contribution in [-0.2, 0) is 23.7 Å². The Morgan fingerprint density at radius 2 is 1.68 bits per heavy atom. The van der Waals surface area contributed by atoms with Crippen molar-refractivity contribution in [1.29, 1.82) is 0 Å². The number of ether oxygens (including phenoxy) is 5. The number of nitrogens with zero attached hydrogens (tertiary/aromatic N) is 2. The van der Waals surface area contributed by atoms with Crippen LogP contribution in [0.3, 0.4) is 0 Å². The van der Waals surface area contributed by atoms with Gasteiger partial charge in [-0.05, 0) is 44.4 Å². The van der Waals surface area contributed by atoms with Crippen molar-refractivity contribution in [2.45, 2.75) is 70.9 Å². The van der Waals surface area contributed by atoms with Gasteiger partial charge in [-0.25, -0.2) is 14.6 Å². The average Bonchev–Trinajstić information content (AvgIpc) is 3.78. The number of amides is 3. The summed E-state index contributed by atoms with van der Waals surface area (Å²) >= 11 is 0. The Hall–Kier alpha value is -4.83. The highest BCUT2D eigenvalue weighted by atomic mass is 19.4. The topological polar surface area (TPSA) is 153 Å². The Bertz CT molecular complexity index is 1700. The Labute approximate surface area is 286 Å². The molecule has 2 saturated heterocycles. The van der Waals surface area contributed by atoms with E-state index in [9.17, 15) is 27.6 Å². The third-order valence-corrected chi connectivity index (χ3v) is 8.04. The van der Waals surface area contributed by atoms with Crippen molar-refractivity contribution in [2.75, 3.05) is 32.2 Å². The van der Waals surface area contributed by atoms with Crippen molar-refractivity contribution in [1.82, 2.24) is 20.2 Å². The first kappa shape index (κ1) is 36.5. The number of halogens is 3. The van der Waals surface area contributed by atoms with Gasteiger partial charge in [-0.2, -0.15) is 0 Å². The number of alkyl carbamates (subject to hydrolysis) is 1. The van der Waals surface area contributed by atoms with E-state index in [2.05, 4.69) is 20.4 Å².